The zero-order chi connectivity index (χ0) is 18.7. The molecule has 3 rings (SSSR count). The summed E-state index contributed by atoms with van der Waals surface area (Å²) in [6.45, 7) is 9.36. The Morgan fingerprint density at radius 2 is 1.88 bits per heavy atom. The van der Waals surface area contributed by atoms with Crippen molar-refractivity contribution in [2.45, 2.75) is 77.9 Å². The zero-order valence-electron chi connectivity index (χ0n) is 17.3. The summed E-state index contributed by atoms with van der Waals surface area (Å²) >= 11 is 0. The molecule has 2 saturated carbocycles. The summed E-state index contributed by atoms with van der Waals surface area (Å²) in [5, 5.41) is 0. The van der Waals surface area contributed by atoms with Gasteiger partial charge in [0.05, 0.1) is 25.2 Å². The van der Waals surface area contributed by atoms with Crippen LogP contribution in [0.25, 0.3) is 0 Å². The lowest BCUT2D eigenvalue weighted by Gasteiger charge is -2.62. The van der Waals surface area contributed by atoms with Gasteiger partial charge in [0.25, 0.3) is 0 Å². The van der Waals surface area contributed by atoms with Crippen LogP contribution in [0.4, 0.5) is 0 Å². The summed E-state index contributed by atoms with van der Waals surface area (Å²) in [7, 11) is 1.69. The van der Waals surface area contributed by atoms with Crippen molar-refractivity contribution in [3.8, 4) is 0 Å². The molecule has 1 saturated heterocycles. The first kappa shape index (κ1) is 20.3. The van der Waals surface area contributed by atoms with E-state index in [1.165, 1.54) is 44.1 Å². The van der Waals surface area contributed by atoms with E-state index in [9.17, 15) is 0 Å². The minimum Gasteiger partial charge on any atom is -0.359 e. The van der Waals surface area contributed by atoms with Gasteiger partial charge in [0.1, 0.15) is 6.79 Å². The van der Waals surface area contributed by atoms with Crippen LogP contribution < -0.4 is 0 Å². The summed E-state index contributed by atoms with van der Waals surface area (Å²) in [5.41, 5.74) is 1.70. The van der Waals surface area contributed by atoms with Crippen molar-refractivity contribution in [2.24, 2.45) is 16.7 Å². The molecular formula is C22H38O4. The van der Waals surface area contributed by atoms with Crippen LogP contribution in [0.5, 0.6) is 0 Å². The van der Waals surface area contributed by atoms with E-state index in [1.807, 2.05) is 0 Å². The maximum atomic E-state index is 6.37. The first-order valence-corrected chi connectivity index (χ1v) is 10.5. The Kier molecular flexibility index (Phi) is 6.49. The first-order valence-electron chi connectivity index (χ1n) is 10.5. The number of fused-ring (bicyclic) bond motifs is 2. The van der Waals surface area contributed by atoms with Gasteiger partial charge in [0, 0.05) is 13.5 Å². The smallest absolute Gasteiger partial charge is 0.176 e. The Morgan fingerprint density at radius 1 is 1.12 bits per heavy atom. The van der Waals surface area contributed by atoms with Crippen molar-refractivity contribution in [2.75, 3.05) is 33.7 Å². The number of rotatable bonds is 7. The van der Waals surface area contributed by atoms with Gasteiger partial charge in [-0.25, -0.2) is 0 Å². The highest BCUT2D eigenvalue weighted by Crippen LogP contribution is 2.64. The third-order valence-electron chi connectivity index (χ3n) is 7.22. The second-order valence-corrected chi connectivity index (χ2v) is 9.13. The van der Waals surface area contributed by atoms with Gasteiger partial charge in [-0.1, -0.05) is 25.0 Å². The molecule has 0 unspecified atom stereocenters. The molecule has 0 aromatic rings. The van der Waals surface area contributed by atoms with Crippen LogP contribution in [-0.4, -0.2) is 39.5 Å². The average Bonchev–Trinajstić information content (AvgIpc) is 3.06. The van der Waals surface area contributed by atoms with E-state index in [0.29, 0.717) is 37.9 Å². The van der Waals surface area contributed by atoms with Crippen molar-refractivity contribution in [1.82, 2.24) is 0 Å². The summed E-state index contributed by atoms with van der Waals surface area (Å²) < 4.78 is 23.9. The molecule has 26 heavy (non-hydrogen) atoms. The highest BCUT2D eigenvalue weighted by molar-refractivity contribution is 5.10. The van der Waals surface area contributed by atoms with E-state index in [-0.39, 0.29) is 5.41 Å². The largest absolute Gasteiger partial charge is 0.359 e. The predicted molar refractivity (Wildman–Crippen MR) is 103 cm³/mol. The molecule has 1 heterocycles. The SMILES string of the molecule is COCOC[C@]12CCC[C@@](C)(CCC=C(C)C)[C@@H]1CCCC21OCCO1. The average molecular weight is 367 g/mol. The normalized spacial score (nSPS) is 36.1. The fourth-order valence-corrected chi connectivity index (χ4v) is 6.16. The minimum atomic E-state index is -0.443. The molecular weight excluding hydrogens is 328 g/mol. The van der Waals surface area contributed by atoms with Crippen LogP contribution in [-0.2, 0) is 18.9 Å². The molecule has 4 heteroatoms. The summed E-state index contributed by atoms with van der Waals surface area (Å²) in [4.78, 5) is 0. The van der Waals surface area contributed by atoms with Crippen LogP contribution in [0.15, 0.2) is 11.6 Å². The molecule has 0 aromatic carbocycles. The predicted octanol–water partition coefficient (Wildman–Crippen LogP) is 5.07. The summed E-state index contributed by atoms with van der Waals surface area (Å²) in [6.07, 6.45) is 11.9. The standard InChI is InChI=1S/C22H38O4/c1-18(2)8-5-10-20(3)11-7-12-21(16-24-17-23-4)19(20)9-6-13-22(21)25-14-15-26-22/h8,19H,5-7,9-17H2,1-4H3/t19-,20+,21+/m0/s1. The maximum absolute atomic E-state index is 6.37. The number of ether oxygens (including phenoxy) is 4. The van der Waals surface area contributed by atoms with Gasteiger partial charge in [-0.05, 0) is 63.7 Å². The van der Waals surface area contributed by atoms with E-state index in [2.05, 4.69) is 26.8 Å². The van der Waals surface area contributed by atoms with Crippen LogP contribution in [0.1, 0.15) is 72.1 Å². The number of hydrogen-bond donors (Lipinski definition) is 0. The van der Waals surface area contributed by atoms with Gasteiger partial charge in [0.2, 0.25) is 0 Å². The molecule has 0 bridgehead atoms. The number of methoxy groups -OCH3 is 1. The third-order valence-corrected chi connectivity index (χ3v) is 7.22. The monoisotopic (exact) mass is 366 g/mol. The van der Waals surface area contributed by atoms with Gasteiger partial charge >= 0.3 is 0 Å². The molecule has 3 atom stereocenters. The van der Waals surface area contributed by atoms with Crippen molar-refractivity contribution in [3.63, 3.8) is 0 Å². The van der Waals surface area contributed by atoms with Gasteiger partial charge < -0.3 is 18.9 Å². The van der Waals surface area contributed by atoms with E-state index in [1.54, 1.807) is 7.11 Å². The Labute approximate surface area is 159 Å². The molecule has 150 valence electrons. The van der Waals surface area contributed by atoms with Crippen molar-refractivity contribution in [1.29, 1.82) is 0 Å². The van der Waals surface area contributed by atoms with Crippen LogP contribution in [0.2, 0.25) is 0 Å². The molecule has 0 amide bonds. The van der Waals surface area contributed by atoms with Gasteiger partial charge in [-0.15, -0.1) is 0 Å². The van der Waals surface area contributed by atoms with Crippen LogP contribution in [0, 0.1) is 16.7 Å². The molecule has 1 aliphatic heterocycles. The Bertz CT molecular complexity index is 492. The molecule has 3 aliphatic rings. The highest BCUT2D eigenvalue weighted by Gasteiger charge is 2.65. The fourth-order valence-electron chi connectivity index (χ4n) is 6.16. The van der Waals surface area contributed by atoms with E-state index >= 15 is 0 Å². The summed E-state index contributed by atoms with van der Waals surface area (Å²) in [5.74, 6) is 0.139. The van der Waals surface area contributed by atoms with E-state index in [0.717, 1.165) is 12.8 Å². The number of allylic oxidation sites excluding steroid dienone is 2. The Hall–Kier alpha value is -0.420. The topological polar surface area (TPSA) is 36.9 Å². The Balaban J connectivity index is 1.89. The molecule has 0 radical (unpaired) electrons. The van der Waals surface area contributed by atoms with Crippen molar-refractivity contribution >= 4 is 0 Å². The van der Waals surface area contributed by atoms with E-state index in [4.69, 9.17) is 18.9 Å². The maximum Gasteiger partial charge on any atom is 0.176 e. The zero-order valence-corrected chi connectivity index (χ0v) is 17.3. The highest BCUT2D eigenvalue weighted by atomic mass is 16.7. The third kappa shape index (κ3) is 3.63. The second-order valence-electron chi connectivity index (χ2n) is 9.13. The lowest BCUT2D eigenvalue weighted by atomic mass is 9.47. The van der Waals surface area contributed by atoms with Gasteiger partial charge in [0.15, 0.2) is 5.79 Å². The first-order chi connectivity index (χ1) is 12.5. The minimum absolute atomic E-state index is 0.0434. The molecule has 2 aliphatic carbocycles. The lowest BCUT2D eigenvalue weighted by Crippen LogP contribution is -2.63. The fraction of sp³-hybridized carbons (Fsp3) is 0.909. The van der Waals surface area contributed by atoms with Crippen molar-refractivity contribution < 1.29 is 18.9 Å². The Morgan fingerprint density at radius 3 is 2.58 bits per heavy atom. The van der Waals surface area contributed by atoms with Gasteiger partial charge in [-0.3, -0.25) is 0 Å². The molecule has 3 fully saturated rings. The molecule has 1 spiro atoms. The molecule has 0 aromatic heterocycles. The molecule has 4 nitrogen and oxygen atoms in total. The van der Waals surface area contributed by atoms with E-state index < -0.39 is 5.79 Å². The van der Waals surface area contributed by atoms with Crippen LogP contribution in [0.3, 0.4) is 0 Å². The summed E-state index contributed by atoms with van der Waals surface area (Å²) in [6, 6.07) is 0. The van der Waals surface area contributed by atoms with Crippen LogP contribution >= 0.6 is 0 Å². The van der Waals surface area contributed by atoms with Gasteiger partial charge in [-0.2, -0.15) is 0 Å². The van der Waals surface area contributed by atoms with Crippen molar-refractivity contribution in [3.05, 3.63) is 11.6 Å². The molecule has 0 N–H and O–H groups in total. The number of hydrogen-bond acceptors (Lipinski definition) is 4. The lowest BCUT2D eigenvalue weighted by molar-refractivity contribution is -0.314. The second kappa shape index (κ2) is 8.30. The quantitative estimate of drug-likeness (QED) is 0.358.